The first-order valence-electron chi connectivity index (χ1n) is 9.85. The van der Waals surface area contributed by atoms with Crippen molar-refractivity contribution in [2.45, 2.75) is 64.4 Å². The number of furan rings is 2. The van der Waals surface area contributed by atoms with E-state index in [1.165, 1.54) is 10.9 Å². The Hall–Kier alpha value is -1.36. The largest absolute Gasteiger partial charge is 0.464 e. The van der Waals surface area contributed by atoms with Crippen LogP contribution in [0.15, 0.2) is 69.9 Å². The van der Waals surface area contributed by atoms with Crippen LogP contribution < -0.4 is 16.3 Å². The van der Waals surface area contributed by atoms with Crippen LogP contribution in [0.5, 0.6) is 0 Å². The second-order valence-corrected chi connectivity index (χ2v) is 15.5. The van der Waals surface area contributed by atoms with E-state index in [0.717, 1.165) is 11.0 Å². The summed E-state index contributed by atoms with van der Waals surface area (Å²) in [6.07, 6.45) is 3.50. The van der Waals surface area contributed by atoms with Crippen LogP contribution in [0, 0.1) is 0 Å². The molecule has 0 spiro atoms. The smallest absolute Gasteiger partial charge is 0.137 e. The third-order valence-corrected chi connectivity index (χ3v) is 11.0. The summed E-state index contributed by atoms with van der Waals surface area (Å²) in [4.78, 5) is 0. The molecule has 4 heteroatoms. The Morgan fingerprint density at radius 3 is 1.71 bits per heavy atom. The van der Waals surface area contributed by atoms with E-state index in [9.17, 15) is 0 Å². The molecule has 0 aliphatic heterocycles. The van der Waals surface area contributed by atoms with Crippen molar-refractivity contribution in [1.82, 2.24) is 0 Å². The van der Waals surface area contributed by atoms with Gasteiger partial charge in [0.1, 0.15) is 11.0 Å². The Bertz CT molecular complexity index is 820. The van der Waals surface area contributed by atoms with E-state index in [1.54, 1.807) is 12.5 Å². The Morgan fingerprint density at radius 1 is 0.750 bits per heavy atom. The standard InChI is InChI=1S/C24H32O2P2/c1-18(28(23(2,3)4)24(5,6)7)19-11-8-12-20(17-19)27(21-13-9-15-25-21)22-14-10-16-26-22/h8-18H,1-7H3/t18-/m0/s1. The highest BCUT2D eigenvalue weighted by Crippen LogP contribution is 2.67. The molecule has 0 radical (unpaired) electrons. The maximum absolute atomic E-state index is 5.80. The summed E-state index contributed by atoms with van der Waals surface area (Å²) < 4.78 is 11.6. The molecule has 2 heterocycles. The van der Waals surface area contributed by atoms with Crippen molar-refractivity contribution in [3.63, 3.8) is 0 Å². The fraction of sp³-hybridized carbons (Fsp3) is 0.417. The molecule has 0 bridgehead atoms. The first-order valence-corrected chi connectivity index (χ1v) is 12.6. The van der Waals surface area contributed by atoms with Gasteiger partial charge in [0, 0.05) is 5.66 Å². The second kappa shape index (κ2) is 8.17. The van der Waals surface area contributed by atoms with Crippen LogP contribution in [-0.4, -0.2) is 10.3 Å². The predicted octanol–water partition coefficient (Wildman–Crippen LogP) is 6.77. The van der Waals surface area contributed by atoms with Crippen LogP contribution in [0.1, 0.15) is 59.7 Å². The van der Waals surface area contributed by atoms with Crippen molar-refractivity contribution >= 4 is 32.2 Å². The quantitative estimate of drug-likeness (QED) is 0.431. The first kappa shape index (κ1) is 21.4. The van der Waals surface area contributed by atoms with Gasteiger partial charge in [-0.3, -0.25) is 0 Å². The molecule has 150 valence electrons. The molecule has 0 amide bonds. The van der Waals surface area contributed by atoms with E-state index >= 15 is 0 Å². The molecule has 0 unspecified atom stereocenters. The molecule has 2 aromatic heterocycles. The zero-order valence-electron chi connectivity index (χ0n) is 18.1. The Labute approximate surface area is 172 Å². The molecule has 1 aromatic carbocycles. The summed E-state index contributed by atoms with van der Waals surface area (Å²) >= 11 is 0. The average Bonchev–Trinajstić information content (AvgIpc) is 3.27. The van der Waals surface area contributed by atoms with E-state index in [2.05, 4.69) is 84.9 Å². The van der Waals surface area contributed by atoms with Gasteiger partial charge in [0.25, 0.3) is 0 Å². The average molecular weight is 414 g/mol. The molecule has 3 rings (SSSR count). The van der Waals surface area contributed by atoms with Crippen molar-refractivity contribution in [2.75, 3.05) is 0 Å². The maximum Gasteiger partial charge on any atom is 0.137 e. The number of hydrogen-bond donors (Lipinski definition) is 0. The molecule has 3 aromatic rings. The normalized spacial score (nSPS) is 14.0. The van der Waals surface area contributed by atoms with E-state index in [1.807, 2.05) is 12.1 Å². The number of rotatable bonds is 5. The van der Waals surface area contributed by atoms with Gasteiger partial charge >= 0.3 is 0 Å². The minimum atomic E-state index is -0.814. The van der Waals surface area contributed by atoms with Gasteiger partial charge in [-0.05, 0) is 51.5 Å². The highest BCUT2D eigenvalue weighted by Gasteiger charge is 2.38. The molecule has 0 saturated carbocycles. The van der Waals surface area contributed by atoms with Crippen molar-refractivity contribution in [1.29, 1.82) is 0 Å². The van der Waals surface area contributed by atoms with Crippen molar-refractivity contribution in [3.8, 4) is 0 Å². The van der Waals surface area contributed by atoms with Crippen molar-refractivity contribution in [3.05, 3.63) is 66.6 Å². The Balaban J connectivity index is 2.03. The zero-order valence-corrected chi connectivity index (χ0v) is 19.9. The summed E-state index contributed by atoms with van der Waals surface area (Å²) in [5.74, 6) is 0. The topological polar surface area (TPSA) is 26.3 Å². The van der Waals surface area contributed by atoms with E-state index in [-0.39, 0.29) is 18.2 Å². The first-order chi connectivity index (χ1) is 13.1. The predicted molar refractivity (Wildman–Crippen MR) is 125 cm³/mol. The fourth-order valence-corrected chi connectivity index (χ4v) is 11.2. The molecule has 0 saturated heterocycles. The van der Waals surface area contributed by atoms with Gasteiger partial charge in [0.2, 0.25) is 0 Å². The zero-order chi connectivity index (χ0) is 20.5. The lowest BCUT2D eigenvalue weighted by atomic mass is 10.2. The van der Waals surface area contributed by atoms with Gasteiger partial charge in [-0.1, -0.05) is 74.6 Å². The molecular weight excluding hydrogens is 382 g/mol. The van der Waals surface area contributed by atoms with Crippen LogP contribution in [-0.2, 0) is 0 Å². The van der Waals surface area contributed by atoms with Gasteiger partial charge in [-0.15, -0.1) is 0 Å². The summed E-state index contributed by atoms with van der Waals surface area (Å²) in [5, 5.41) is 1.85. The minimum absolute atomic E-state index is 0.242. The molecule has 0 N–H and O–H groups in total. The minimum Gasteiger partial charge on any atom is -0.464 e. The van der Waals surface area contributed by atoms with Crippen molar-refractivity contribution < 1.29 is 8.83 Å². The third kappa shape index (κ3) is 4.61. The lowest BCUT2D eigenvalue weighted by Crippen LogP contribution is -2.28. The summed E-state index contributed by atoms with van der Waals surface area (Å²) in [5.41, 5.74) is 3.88. The molecule has 0 aliphatic carbocycles. The van der Waals surface area contributed by atoms with Gasteiger partial charge in [-0.2, -0.15) is 0 Å². The lowest BCUT2D eigenvalue weighted by Gasteiger charge is -2.45. The Morgan fingerprint density at radius 2 is 1.29 bits per heavy atom. The van der Waals surface area contributed by atoms with Crippen LogP contribution in [0.4, 0.5) is 0 Å². The van der Waals surface area contributed by atoms with E-state index in [0.29, 0.717) is 5.66 Å². The van der Waals surface area contributed by atoms with Gasteiger partial charge in [0.15, 0.2) is 0 Å². The van der Waals surface area contributed by atoms with Gasteiger partial charge in [-0.25, -0.2) is 0 Å². The van der Waals surface area contributed by atoms with Crippen LogP contribution in [0.2, 0.25) is 0 Å². The molecule has 2 nitrogen and oxygen atoms in total. The van der Waals surface area contributed by atoms with Gasteiger partial charge in [0.05, 0.1) is 20.4 Å². The number of hydrogen-bond acceptors (Lipinski definition) is 2. The van der Waals surface area contributed by atoms with Crippen LogP contribution >= 0.6 is 15.8 Å². The highest BCUT2D eigenvalue weighted by molar-refractivity contribution is 7.79. The number of benzene rings is 1. The molecule has 28 heavy (non-hydrogen) atoms. The second-order valence-electron chi connectivity index (χ2n) is 9.22. The third-order valence-electron chi connectivity index (χ3n) is 4.90. The fourth-order valence-electron chi connectivity index (χ4n) is 4.40. The summed E-state index contributed by atoms with van der Waals surface area (Å²) in [6.45, 7) is 16.8. The van der Waals surface area contributed by atoms with Gasteiger partial charge < -0.3 is 8.83 Å². The maximum atomic E-state index is 5.80. The summed E-state index contributed by atoms with van der Waals surface area (Å²) in [6, 6.07) is 17.1. The van der Waals surface area contributed by atoms with E-state index in [4.69, 9.17) is 8.83 Å². The highest BCUT2D eigenvalue weighted by atomic mass is 31.1. The van der Waals surface area contributed by atoms with Crippen LogP contribution in [0.25, 0.3) is 0 Å². The van der Waals surface area contributed by atoms with Crippen molar-refractivity contribution in [2.24, 2.45) is 0 Å². The molecule has 0 aliphatic rings. The molecule has 1 atom stereocenters. The summed E-state index contributed by atoms with van der Waals surface area (Å²) in [7, 11) is -1.06. The SMILES string of the molecule is C[C@@H](c1cccc(P(c2ccco2)c2ccco2)c1)P(C(C)(C)C)C(C)(C)C. The van der Waals surface area contributed by atoms with Crippen LogP contribution in [0.3, 0.4) is 0 Å². The van der Waals surface area contributed by atoms with E-state index < -0.39 is 7.92 Å². The molecule has 0 fully saturated rings. The molecular formula is C24H32O2P2. The monoisotopic (exact) mass is 414 g/mol. The lowest BCUT2D eigenvalue weighted by molar-refractivity contribution is 0.593. The Kier molecular flexibility index (Phi) is 6.23.